The molecule has 0 aliphatic heterocycles. The van der Waals surface area contributed by atoms with E-state index in [1.807, 2.05) is 24.8 Å². The molecule has 0 atom stereocenters. The second-order valence-corrected chi connectivity index (χ2v) is 10.9. The summed E-state index contributed by atoms with van der Waals surface area (Å²) < 4.78 is 0. The third kappa shape index (κ3) is 3.15. The van der Waals surface area contributed by atoms with Crippen LogP contribution in [0.5, 0.6) is 0 Å². The summed E-state index contributed by atoms with van der Waals surface area (Å²) in [7, 11) is 0. The fraction of sp³-hybridized carbons (Fsp3) is 0. The van der Waals surface area contributed by atoms with Crippen molar-refractivity contribution in [2.24, 2.45) is 0 Å². The number of aromatic nitrogens is 2. The van der Waals surface area contributed by atoms with Crippen molar-refractivity contribution in [2.75, 3.05) is 0 Å². The smallest absolute Gasteiger partial charge is 0.0273 e. The van der Waals surface area contributed by atoms with Gasteiger partial charge >= 0.3 is 0 Å². The Morgan fingerprint density at radius 3 is 0.833 bits per heavy atom. The maximum atomic E-state index is 4.41. The Morgan fingerprint density at radius 2 is 0.524 bits per heavy atom. The molecule has 194 valence electrons. The Bertz CT molecular complexity index is 2320. The largest absolute Gasteiger partial charge is 0.265 e. The molecule has 0 unspecified atom stereocenters. The fourth-order valence-electron chi connectivity index (χ4n) is 7.19. The number of hydrogen-bond donors (Lipinski definition) is 0. The van der Waals surface area contributed by atoms with Gasteiger partial charge in [0, 0.05) is 24.8 Å². The van der Waals surface area contributed by atoms with Crippen LogP contribution in [0.25, 0.3) is 86.9 Å². The summed E-state index contributed by atoms with van der Waals surface area (Å²) in [5.74, 6) is 0. The topological polar surface area (TPSA) is 25.8 Å². The van der Waals surface area contributed by atoms with Crippen LogP contribution in [0.1, 0.15) is 0 Å². The highest BCUT2D eigenvalue weighted by Crippen LogP contribution is 2.52. The first-order chi connectivity index (χ1) is 20.9. The lowest BCUT2D eigenvalue weighted by atomic mass is 9.79. The van der Waals surface area contributed by atoms with E-state index in [4.69, 9.17) is 0 Å². The van der Waals surface area contributed by atoms with Crippen molar-refractivity contribution < 1.29 is 0 Å². The minimum atomic E-state index is 1.15. The first-order valence-electron chi connectivity index (χ1n) is 14.3. The average molecular weight is 533 g/mol. The highest BCUT2D eigenvalue weighted by Gasteiger charge is 2.24. The van der Waals surface area contributed by atoms with E-state index in [1.165, 1.54) is 75.8 Å². The molecule has 9 rings (SSSR count). The van der Waals surface area contributed by atoms with Gasteiger partial charge in [0.05, 0.1) is 0 Å². The van der Waals surface area contributed by atoms with Crippen LogP contribution in [0.15, 0.2) is 146 Å². The Kier molecular flexibility index (Phi) is 4.93. The molecule has 0 saturated carbocycles. The summed E-state index contributed by atoms with van der Waals surface area (Å²) >= 11 is 0. The Morgan fingerprint density at radius 1 is 0.262 bits per heavy atom. The lowest BCUT2D eigenvalue weighted by Gasteiger charge is -2.24. The van der Waals surface area contributed by atoms with Crippen LogP contribution in [0.2, 0.25) is 0 Å². The highest BCUT2D eigenvalue weighted by atomic mass is 14.6. The van der Waals surface area contributed by atoms with Gasteiger partial charge < -0.3 is 0 Å². The minimum Gasteiger partial charge on any atom is -0.265 e. The summed E-state index contributed by atoms with van der Waals surface area (Å²) in [6.45, 7) is 0. The normalized spacial score (nSPS) is 11.8. The van der Waals surface area contributed by atoms with Crippen molar-refractivity contribution >= 4 is 64.6 Å². The summed E-state index contributed by atoms with van der Waals surface area (Å²) in [6.07, 6.45) is 7.62. The van der Waals surface area contributed by atoms with E-state index in [2.05, 4.69) is 131 Å². The number of benzene rings is 7. The second kappa shape index (κ2) is 8.95. The van der Waals surface area contributed by atoms with E-state index in [9.17, 15) is 0 Å². The third-order valence-corrected chi connectivity index (χ3v) is 8.80. The average Bonchev–Trinajstić information content (AvgIpc) is 3.08. The molecule has 2 nitrogen and oxygen atoms in total. The number of hydrogen-bond acceptors (Lipinski definition) is 2. The van der Waals surface area contributed by atoms with Crippen LogP contribution in [-0.4, -0.2) is 9.97 Å². The molecule has 2 aromatic heterocycles. The highest BCUT2D eigenvalue weighted by molar-refractivity contribution is 6.44. The molecule has 7 aromatic carbocycles. The first-order valence-corrected chi connectivity index (χ1v) is 14.3. The quantitative estimate of drug-likeness (QED) is 0.207. The van der Waals surface area contributed by atoms with E-state index in [0.717, 1.165) is 11.1 Å². The Labute approximate surface area is 242 Å². The van der Waals surface area contributed by atoms with Gasteiger partial charge in [-0.15, -0.1) is 0 Å². The van der Waals surface area contributed by atoms with E-state index >= 15 is 0 Å². The van der Waals surface area contributed by atoms with Crippen LogP contribution in [-0.2, 0) is 0 Å². The monoisotopic (exact) mass is 532 g/mol. The van der Waals surface area contributed by atoms with Crippen LogP contribution in [0.4, 0.5) is 0 Å². The zero-order valence-electron chi connectivity index (χ0n) is 22.8. The predicted molar refractivity (Wildman–Crippen MR) is 178 cm³/mol. The standard InChI is InChI=1S/C40H24N2/c1-5-13-31-27(9-1)29-11-3-7-15-33(29)39-37(31)35(25-17-21-41-22-18-25)36(26-19-23-42-24-20-26)38-32-14-6-2-10-28(32)30-12-4-8-16-34(30)40(38)39/h1-24H. The van der Waals surface area contributed by atoms with Gasteiger partial charge in [-0.25, -0.2) is 0 Å². The van der Waals surface area contributed by atoms with Gasteiger partial charge in [0.2, 0.25) is 0 Å². The number of nitrogens with zero attached hydrogens (tertiary/aromatic N) is 2. The van der Waals surface area contributed by atoms with Gasteiger partial charge in [0.1, 0.15) is 0 Å². The molecule has 0 saturated heterocycles. The molecule has 42 heavy (non-hydrogen) atoms. The van der Waals surface area contributed by atoms with Crippen molar-refractivity contribution in [3.05, 3.63) is 146 Å². The maximum Gasteiger partial charge on any atom is 0.0273 e. The van der Waals surface area contributed by atoms with E-state index in [-0.39, 0.29) is 0 Å². The molecule has 2 heteroatoms. The Hall–Kier alpha value is -5.60. The fourth-order valence-corrected chi connectivity index (χ4v) is 7.19. The zero-order valence-corrected chi connectivity index (χ0v) is 22.8. The van der Waals surface area contributed by atoms with Gasteiger partial charge in [0.15, 0.2) is 0 Å². The Balaban J connectivity index is 1.76. The molecule has 9 aromatic rings. The number of rotatable bonds is 2. The van der Waals surface area contributed by atoms with Crippen molar-refractivity contribution in [2.45, 2.75) is 0 Å². The van der Waals surface area contributed by atoms with E-state index in [1.54, 1.807) is 0 Å². The first kappa shape index (κ1) is 23.1. The second-order valence-electron chi connectivity index (χ2n) is 10.9. The molecular weight excluding hydrogens is 508 g/mol. The van der Waals surface area contributed by atoms with Gasteiger partial charge in [-0.2, -0.15) is 0 Å². The molecule has 0 aliphatic rings. The molecule has 0 amide bonds. The SMILES string of the molecule is c1ccc2c(c1)c1ccccc1c1c2c(-c2ccncc2)c(-c2ccncc2)c2c3ccccc3c3ccccc3c21. The minimum absolute atomic E-state index is 1.15. The maximum absolute atomic E-state index is 4.41. The van der Waals surface area contributed by atoms with Crippen molar-refractivity contribution in [1.82, 2.24) is 9.97 Å². The molecular formula is C40H24N2. The summed E-state index contributed by atoms with van der Waals surface area (Å²) in [6, 6.07) is 44.2. The van der Waals surface area contributed by atoms with Gasteiger partial charge in [-0.3, -0.25) is 9.97 Å². The van der Waals surface area contributed by atoms with Crippen LogP contribution in [0.3, 0.4) is 0 Å². The molecule has 0 aliphatic carbocycles. The summed E-state index contributed by atoms with van der Waals surface area (Å²) in [5, 5.41) is 15.3. The van der Waals surface area contributed by atoms with E-state index in [0.29, 0.717) is 0 Å². The summed E-state index contributed by atoms with van der Waals surface area (Å²) in [4.78, 5) is 8.82. The van der Waals surface area contributed by atoms with Crippen LogP contribution in [0, 0.1) is 0 Å². The van der Waals surface area contributed by atoms with Crippen molar-refractivity contribution in [3.63, 3.8) is 0 Å². The zero-order chi connectivity index (χ0) is 27.6. The van der Waals surface area contributed by atoms with Gasteiger partial charge in [0.25, 0.3) is 0 Å². The lowest BCUT2D eigenvalue weighted by Crippen LogP contribution is -1.96. The predicted octanol–water partition coefficient (Wildman–Crippen LogP) is 10.7. The number of pyridine rings is 2. The molecule has 0 fully saturated rings. The van der Waals surface area contributed by atoms with Gasteiger partial charge in [-0.05, 0) is 111 Å². The molecule has 0 bridgehead atoms. The van der Waals surface area contributed by atoms with Crippen molar-refractivity contribution in [1.29, 1.82) is 0 Å². The van der Waals surface area contributed by atoms with E-state index < -0.39 is 0 Å². The number of fused-ring (bicyclic) bond motifs is 13. The van der Waals surface area contributed by atoms with Crippen molar-refractivity contribution in [3.8, 4) is 22.3 Å². The van der Waals surface area contributed by atoms with Crippen LogP contribution >= 0.6 is 0 Å². The summed E-state index contributed by atoms with van der Waals surface area (Å²) in [5.41, 5.74) is 4.77. The molecule has 0 spiro atoms. The molecule has 0 N–H and O–H groups in total. The molecule has 0 radical (unpaired) electrons. The van der Waals surface area contributed by atoms with Gasteiger partial charge in [-0.1, -0.05) is 97.1 Å². The lowest BCUT2D eigenvalue weighted by molar-refractivity contribution is 1.33. The van der Waals surface area contributed by atoms with Crippen LogP contribution < -0.4 is 0 Å². The molecule has 2 heterocycles. The third-order valence-electron chi connectivity index (χ3n) is 8.80.